The van der Waals surface area contributed by atoms with Crippen molar-refractivity contribution in [1.29, 1.82) is 0 Å². The van der Waals surface area contributed by atoms with Gasteiger partial charge in [-0.15, -0.1) is 0 Å². The maximum atomic E-state index is 5.28. The topological polar surface area (TPSA) is 129 Å². The molecule has 0 radical (unpaired) electrons. The lowest BCUT2D eigenvalue weighted by Crippen LogP contribution is -2.28. The molecule has 0 N–H and O–H groups in total. The minimum atomic E-state index is -0.520. The molecule has 7 heterocycles. The van der Waals surface area contributed by atoms with Crippen LogP contribution in [0.2, 0.25) is 0 Å². The molecule has 0 fully saturated rings. The van der Waals surface area contributed by atoms with Gasteiger partial charge in [0.1, 0.15) is 0 Å². The summed E-state index contributed by atoms with van der Waals surface area (Å²) in [5, 5.41) is 0. The highest BCUT2D eigenvalue weighted by atomic mass is 14.9. The molecule has 0 bridgehead atoms. The summed E-state index contributed by atoms with van der Waals surface area (Å²) in [4.78, 5) is 49.5. The van der Waals surface area contributed by atoms with E-state index in [1.54, 1.807) is 0 Å². The van der Waals surface area contributed by atoms with E-state index in [9.17, 15) is 0 Å². The van der Waals surface area contributed by atoms with Gasteiger partial charge in [-0.25, -0.2) is 29.9 Å². The molecule has 0 aliphatic heterocycles. The Labute approximate surface area is 852 Å². The maximum absolute atomic E-state index is 5.28. The third-order valence-electron chi connectivity index (χ3n) is 29.9. The highest BCUT2D eigenvalue weighted by Gasteiger charge is 2.55. The Kier molecular flexibility index (Phi) is 21.4. The lowest BCUT2D eigenvalue weighted by Gasteiger charge is -2.34. The van der Waals surface area contributed by atoms with Crippen molar-refractivity contribution in [3.05, 3.63) is 602 Å². The second-order valence-electron chi connectivity index (χ2n) is 37.9. The average molecular weight is 1870 g/mol. The Morgan fingerprint density at radius 3 is 0.823 bits per heavy atom. The highest BCUT2D eigenvalue weighted by Crippen LogP contribution is 2.66. The summed E-state index contributed by atoms with van der Waals surface area (Å²) in [7, 11) is 0. The van der Waals surface area contributed by atoms with Crippen LogP contribution in [0.4, 0.5) is 0 Å². The van der Waals surface area contributed by atoms with Crippen molar-refractivity contribution in [3.63, 3.8) is 0 Å². The van der Waals surface area contributed by atoms with Crippen LogP contribution < -0.4 is 0 Å². The van der Waals surface area contributed by atoms with Crippen LogP contribution in [0.25, 0.3) is 191 Å². The summed E-state index contributed by atoms with van der Waals surface area (Å²) in [5.41, 5.74) is 47.1. The fourth-order valence-corrected chi connectivity index (χ4v) is 23.5. The molecule has 29 rings (SSSR count). The second kappa shape index (κ2) is 36.3. The first-order chi connectivity index (χ1) is 72.9. The van der Waals surface area contributed by atoms with Crippen molar-refractivity contribution in [2.75, 3.05) is 0 Å². The van der Waals surface area contributed by atoms with Gasteiger partial charge in [-0.3, -0.25) is 19.9 Å². The van der Waals surface area contributed by atoms with E-state index in [1.807, 2.05) is 116 Å². The fraction of sp³-hybridized carbons (Fsp3) is 0.0219. The van der Waals surface area contributed by atoms with Gasteiger partial charge >= 0.3 is 0 Å². The van der Waals surface area contributed by atoms with Crippen molar-refractivity contribution in [2.24, 2.45) is 0 Å². The average Bonchev–Trinajstić information content (AvgIpc) is 1.51. The van der Waals surface area contributed by atoms with E-state index in [1.165, 1.54) is 111 Å². The zero-order valence-corrected chi connectivity index (χ0v) is 79.8. The number of hydrogen-bond donors (Lipinski definition) is 0. The van der Waals surface area contributed by atoms with Crippen molar-refractivity contribution in [2.45, 2.75) is 16.2 Å². The zero-order chi connectivity index (χ0) is 97.4. The van der Waals surface area contributed by atoms with Crippen molar-refractivity contribution in [3.8, 4) is 191 Å². The number of fused-ring (bicyclic) bond motifs is 23. The van der Waals surface area contributed by atoms with Gasteiger partial charge in [0.05, 0.1) is 56.1 Å². The van der Waals surface area contributed by atoms with Crippen molar-refractivity contribution >= 4 is 0 Å². The molecule has 5 aliphatic carbocycles. The standard InChI is InChI=1S/C46H29N3.C46H31N3.C45H28N4/c1-3-12-30(13-4-1)43-28-44(49-45(48-43)31-14-5-2-6-15-31)34-17-11-16-32(26-34)33-22-23-37-38-29-47-25-24-41(38)46(42(37)27-33)39-20-9-7-18-35(39)36-19-8-10-21-40(36)46;1-5-14-32(15-6-1)34-18-13-19-36(28-34)45-48-43(33-16-7-2-8-17-33)30-44(49-45)35-24-25-39-40-31-47-27-26-41(40)46(42(39)29-35,37-20-9-3-10-21-37)38-22-11-4-12-23-38;1-3-12-29(13-4-1)41-26-42(49-44(48-41)30-14-5-2-6-15-30)32-17-11-16-31(24-32)33-25-40-43(47-27-33)36-28-46-23-22-39(36)45(40)37-20-9-7-18-34(37)35-19-8-10-21-38(35)45/h1-29H;1-31H;1-28H. The third kappa shape index (κ3) is 14.6. The Balaban J connectivity index is 0.000000109. The molecule has 147 heavy (non-hydrogen) atoms. The summed E-state index contributed by atoms with van der Waals surface area (Å²) < 4.78 is 0. The van der Waals surface area contributed by atoms with Gasteiger partial charge in [-0.05, 0) is 201 Å². The summed E-state index contributed by atoms with van der Waals surface area (Å²) in [5.74, 6) is 2.11. The Hall–Kier alpha value is -19.4. The monoisotopic (exact) mass is 1870 g/mol. The smallest absolute Gasteiger partial charge is 0.160 e. The molecule has 0 saturated carbocycles. The zero-order valence-electron chi connectivity index (χ0n) is 79.8. The van der Waals surface area contributed by atoms with Crippen LogP contribution in [-0.2, 0) is 16.2 Å². The molecule has 0 saturated heterocycles. The van der Waals surface area contributed by atoms with Gasteiger partial charge in [0.15, 0.2) is 17.5 Å². The molecule has 7 aromatic heterocycles. The SMILES string of the molecule is c1ccc(-c2cc(-c3cccc(-c4ccc5c(c4)C4(c6ccccc6-c6ccccc64)c4ccncc4-5)c3)nc(-c3ccccc3)n2)cc1.c1ccc(-c2cc(-c3cccc(-c4cnc5c(c4)C4(c6ccccc6-c6ccccc64)c4ccncc4-5)c3)nc(-c3ccccc3)n2)cc1.c1ccc(-c2cccc(-c3nc(-c4ccccc4)cc(-c4ccc5c(c4)C(c4ccccc4)(c4ccccc4)c4ccncc4-5)n3)c2)cc1. The number of nitrogens with zero attached hydrogens (tertiary/aromatic N) is 10. The van der Waals surface area contributed by atoms with Crippen LogP contribution in [-0.4, -0.2) is 49.8 Å². The Morgan fingerprint density at radius 1 is 0.136 bits per heavy atom. The van der Waals surface area contributed by atoms with Crippen LogP contribution in [0.15, 0.2) is 535 Å². The number of benzene rings is 17. The number of aromatic nitrogens is 10. The minimum Gasteiger partial charge on any atom is -0.264 e. The van der Waals surface area contributed by atoms with E-state index in [0.29, 0.717) is 17.5 Å². The first kappa shape index (κ1) is 86.7. The van der Waals surface area contributed by atoms with Gasteiger partial charge in [0.25, 0.3) is 0 Å². The molecule has 5 aliphatic rings. The largest absolute Gasteiger partial charge is 0.264 e. The van der Waals surface area contributed by atoms with Gasteiger partial charge < -0.3 is 0 Å². The number of hydrogen-bond acceptors (Lipinski definition) is 10. The summed E-state index contributed by atoms with van der Waals surface area (Å²) in [6.45, 7) is 0. The van der Waals surface area contributed by atoms with Crippen LogP contribution in [0, 0.1) is 0 Å². The third-order valence-corrected chi connectivity index (χ3v) is 29.9. The van der Waals surface area contributed by atoms with Gasteiger partial charge in [0, 0.05) is 116 Å². The fourth-order valence-electron chi connectivity index (χ4n) is 23.5. The Morgan fingerprint density at radius 2 is 0.395 bits per heavy atom. The molecule has 686 valence electrons. The molecule has 10 nitrogen and oxygen atoms in total. The molecule has 24 aromatic rings. The van der Waals surface area contributed by atoms with E-state index in [-0.39, 0.29) is 0 Å². The molecule has 0 amide bonds. The predicted octanol–water partition coefficient (Wildman–Crippen LogP) is 32.1. The van der Waals surface area contributed by atoms with Gasteiger partial charge in [-0.2, -0.15) is 0 Å². The summed E-state index contributed by atoms with van der Waals surface area (Å²) in [6, 6.07) is 174. The summed E-state index contributed by atoms with van der Waals surface area (Å²) >= 11 is 0. The number of pyridine rings is 4. The van der Waals surface area contributed by atoms with E-state index in [2.05, 4.69) is 434 Å². The lowest BCUT2D eigenvalue weighted by molar-refractivity contribution is 0.767. The number of rotatable bonds is 14. The highest BCUT2D eigenvalue weighted by molar-refractivity contribution is 5.99. The normalized spacial score (nSPS) is 12.9. The van der Waals surface area contributed by atoms with E-state index < -0.39 is 16.2 Å². The summed E-state index contributed by atoms with van der Waals surface area (Å²) in [6.07, 6.45) is 13.8. The van der Waals surface area contributed by atoms with Crippen molar-refractivity contribution in [1.82, 2.24) is 49.8 Å². The van der Waals surface area contributed by atoms with Gasteiger partial charge in [-0.1, -0.05) is 419 Å². The van der Waals surface area contributed by atoms with E-state index >= 15 is 0 Å². The maximum Gasteiger partial charge on any atom is 0.160 e. The predicted molar refractivity (Wildman–Crippen MR) is 592 cm³/mol. The van der Waals surface area contributed by atoms with Crippen molar-refractivity contribution < 1.29 is 0 Å². The first-order valence-electron chi connectivity index (χ1n) is 49.8. The Bertz CT molecular complexity index is 8580. The molecule has 10 heteroatoms. The van der Waals surface area contributed by atoms with Crippen LogP contribution in [0.5, 0.6) is 0 Å². The van der Waals surface area contributed by atoms with Crippen LogP contribution in [0.1, 0.15) is 66.8 Å². The minimum absolute atomic E-state index is 0.407. The van der Waals surface area contributed by atoms with E-state index in [0.717, 1.165) is 129 Å². The quantitative estimate of drug-likeness (QED) is 0.104. The molecule has 0 unspecified atom stereocenters. The molecule has 2 spiro atoms. The van der Waals surface area contributed by atoms with Crippen LogP contribution in [0.3, 0.4) is 0 Å². The molecule has 17 aromatic carbocycles. The second-order valence-corrected chi connectivity index (χ2v) is 37.9. The van der Waals surface area contributed by atoms with E-state index in [4.69, 9.17) is 34.9 Å². The molecule has 0 atom stereocenters. The first-order valence-corrected chi connectivity index (χ1v) is 49.8. The lowest BCUT2D eigenvalue weighted by atomic mass is 9.67. The molecular formula is C137H88N10. The van der Waals surface area contributed by atoms with Crippen LogP contribution >= 0.6 is 0 Å². The van der Waals surface area contributed by atoms with Gasteiger partial charge in [0.2, 0.25) is 0 Å². The molecular weight excluding hydrogens is 1790 g/mol.